The second-order valence-corrected chi connectivity index (χ2v) is 8.90. The molecule has 1 unspecified atom stereocenters. The highest BCUT2D eigenvalue weighted by molar-refractivity contribution is 5.99. The lowest BCUT2D eigenvalue weighted by molar-refractivity contribution is -0.117. The Hall–Kier alpha value is -2.70. The maximum atomic E-state index is 13.0. The Morgan fingerprint density at radius 3 is 2.48 bits per heavy atom. The molecule has 0 saturated carbocycles. The zero-order valence-corrected chi connectivity index (χ0v) is 17.8. The summed E-state index contributed by atoms with van der Waals surface area (Å²) in [5.74, 6) is 0.135. The standard InChI is InChI=1S/C25H29N3O3/c29-22(16-26-12-9-18-4-1-2-5-20(18)15-26)17-27-13-10-19-14-21(7-8-23(19)25(27)31)28-11-3-6-24(28)30/h1-2,4-5,7-8,14,22,29H,3,6,9-13,15-17H2. The first-order valence-electron chi connectivity index (χ1n) is 11.3. The Morgan fingerprint density at radius 2 is 1.68 bits per heavy atom. The molecule has 2 amide bonds. The fourth-order valence-corrected chi connectivity index (χ4v) is 5.11. The predicted octanol–water partition coefficient (Wildman–Crippen LogP) is 2.23. The van der Waals surface area contributed by atoms with E-state index in [0.29, 0.717) is 31.6 Å². The van der Waals surface area contributed by atoms with Crippen LogP contribution in [0.25, 0.3) is 0 Å². The van der Waals surface area contributed by atoms with Gasteiger partial charge in [-0.2, -0.15) is 0 Å². The molecular formula is C25H29N3O3. The van der Waals surface area contributed by atoms with Crippen LogP contribution in [-0.2, 0) is 24.2 Å². The average Bonchev–Trinajstić information content (AvgIpc) is 3.21. The molecule has 0 bridgehead atoms. The van der Waals surface area contributed by atoms with Gasteiger partial charge in [-0.15, -0.1) is 0 Å². The number of rotatable bonds is 5. The third kappa shape index (κ3) is 4.10. The second kappa shape index (κ2) is 8.44. The van der Waals surface area contributed by atoms with Crippen molar-refractivity contribution >= 4 is 17.5 Å². The molecule has 1 atom stereocenters. The number of β-amino-alcohol motifs (C(OH)–C–C–N with tert-alkyl or cyclic N) is 1. The number of carbonyl (C=O) groups is 2. The molecule has 162 valence electrons. The van der Waals surface area contributed by atoms with Crippen molar-refractivity contribution in [1.82, 2.24) is 9.80 Å². The summed E-state index contributed by atoms with van der Waals surface area (Å²) in [5, 5.41) is 10.7. The summed E-state index contributed by atoms with van der Waals surface area (Å²) in [5.41, 5.74) is 5.32. The first-order chi connectivity index (χ1) is 15.1. The quantitative estimate of drug-likeness (QED) is 0.807. The fraction of sp³-hybridized carbons (Fsp3) is 0.440. The maximum absolute atomic E-state index is 13.0. The highest BCUT2D eigenvalue weighted by Gasteiger charge is 2.29. The number of aliphatic hydroxyl groups is 1. The Morgan fingerprint density at radius 1 is 0.871 bits per heavy atom. The largest absolute Gasteiger partial charge is 0.390 e. The van der Waals surface area contributed by atoms with Crippen molar-refractivity contribution in [1.29, 1.82) is 0 Å². The summed E-state index contributed by atoms with van der Waals surface area (Å²) in [4.78, 5) is 30.9. The van der Waals surface area contributed by atoms with E-state index in [1.54, 1.807) is 4.90 Å². The molecule has 2 aromatic rings. The van der Waals surface area contributed by atoms with Crippen LogP contribution in [0, 0.1) is 0 Å². The zero-order valence-electron chi connectivity index (χ0n) is 17.8. The Kier molecular flexibility index (Phi) is 5.50. The van der Waals surface area contributed by atoms with E-state index >= 15 is 0 Å². The third-order valence-corrected chi connectivity index (χ3v) is 6.75. The molecule has 1 fully saturated rings. The van der Waals surface area contributed by atoms with Crippen LogP contribution in [0.1, 0.15) is 39.9 Å². The maximum Gasteiger partial charge on any atom is 0.254 e. The van der Waals surface area contributed by atoms with Gasteiger partial charge in [-0.05, 0) is 54.2 Å². The van der Waals surface area contributed by atoms with Crippen LogP contribution >= 0.6 is 0 Å². The van der Waals surface area contributed by atoms with E-state index in [4.69, 9.17) is 0 Å². The predicted molar refractivity (Wildman–Crippen MR) is 119 cm³/mol. The topological polar surface area (TPSA) is 64.1 Å². The lowest BCUT2D eigenvalue weighted by Gasteiger charge is -2.34. The van der Waals surface area contributed by atoms with Crippen LogP contribution in [0.15, 0.2) is 42.5 Å². The summed E-state index contributed by atoms with van der Waals surface area (Å²) >= 11 is 0. The van der Waals surface area contributed by atoms with Gasteiger partial charge >= 0.3 is 0 Å². The van der Waals surface area contributed by atoms with E-state index in [9.17, 15) is 14.7 Å². The number of nitrogens with zero attached hydrogens (tertiary/aromatic N) is 3. The van der Waals surface area contributed by atoms with Crippen molar-refractivity contribution in [2.24, 2.45) is 0 Å². The molecule has 0 aromatic heterocycles. The molecule has 1 saturated heterocycles. The van der Waals surface area contributed by atoms with Crippen LogP contribution in [0.4, 0.5) is 5.69 Å². The van der Waals surface area contributed by atoms with Gasteiger partial charge in [-0.3, -0.25) is 14.5 Å². The van der Waals surface area contributed by atoms with Gasteiger partial charge in [-0.1, -0.05) is 24.3 Å². The molecule has 5 rings (SSSR count). The van der Waals surface area contributed by atoms with Gasteiger partial charge in [0, 0.05) is 56.9 Å². The summed E-state index contributed by atoms with van der Waals surface area (Å²) in [6.07, 6.45) is 2.67. The van der Waals surface area contributed by atoms with Gasteiger partial charge < -0.3 is 14.9 Å². The number of anilines is 1. The number of amides is 2. The Bertz CT molecular complexity index is 1010. The van der Waals surface area contributed by atoms with Crippen molar-refractivity contribution in [2.75, 3.05) is 37.6 Å². The summed E-state index contributed by atoms with van der Waals surface area (Å²) in [6, 6.07) is 14.2. The van der Waals surface area contributed by atoms with E-state index in [2.05, 4.69) is 29.2 Å². The monoisotopic (exact) mass is 419 g/mol. The molecule has 6 heteroatoms. The van der Waals surface area contributed by atoms with E-state index in [0.717, 1.165) is 50.1 Å². The molecule has 31 heavy (non-hydrogen) atoms. The molecule has 0 spiro atoms. The smallest absolute Gasteiger partial charge is 0.254 e. The van der Waals surface area contributed by atoms with Crippen molar-refractivity contribution in [3.63, 3.8) is 0 Å². The lowest BCUT2D eigenvalue weighted by Crippen LogP contribution is -2.46. The number of hydrogen-bond acceptors (Lipinski definition) is 4. The molecule has 3 aliphatic heterocycles. The summed E-state index contributed by atoms with van der Waals surface area (Å²) < 4.78 is 0. The zero-order chi connectivity index (χ0) is 21.4. The molecule has 6 nitrogen and oxygen atoms in total. The molecule has 2 aromatic carbocycles. The lowest BCUT2D eigenvalue weighted by atomic mass is 9.97. The minimum Gasteiger partial charge on any atom is -0.390 e. The minimum atomic E-state index is -0.572. The fourth-order valence-electron chi connectivity index (χ4n) is 5.11. The van der Waals surface area contributed by atoms with E-state index < -0.39 is 6.10 Å². The van der Waals surface area contributed by atoms with Gasteiger partial charge in [0.05, 0.1) is 6.10 Å². The molecule has 0 aliphatic carbocycles. The van der Waals surface area contributed by atoms with Gasteiger partial charge in [0.1, 0.15) is 0 Å². The normalized spacial score (nSPS) is 20.0. The van der Waals surface area contributed by atoms with E-state index in [1.165, 1.54) is 11.1 Å². The minimum absolute atomic E-state index is 0.0245. The van der Waals surface area contributed by atoms with Crippen molar-refractivity contribution in [3.8, 4) is 0 Å². The number of hydrogen-bond donors (Lipinski definition) is 1. The van der Waals surface area contributed by atoms with Crippen molar-refractivity contribution < 1.29 is 14.7 Å². The Labute approximate surface area is 183 Å². The van der Waals surface area contributed by atoms with E-state index in [1.807, 2.05) is 23.1 Å². The average molecular weight is 420 g/mol. The summed E-state index contributed by atoms with van der Waals surface area (Å²) in [6.45, 7) is 4.06. The van der Waals surface area contributed by atoms with Crippen LogP contribution in [0.3, 0.4) is 0 Å². The van der Waals surface area contributed by atoms with Gasteiger partial charge in [0.2, 0.25) is 5.91 Å². The van der Waals surface area contributed by atoms with Gasteiger partial charge in [0.25, 0.3) is 5.91 Å². The SMILES string of the molecule is O=C1c2ccc(N3CCCC3=O)cc2CCN1CC(O)CN1CCc2ccccc2C1. The first kappa shape index (κ1) is 20.2. The van der Waals surface area contributed by atoms with E-state index in [-0.39, 0.29) is 11.8 Å². The summed E-state index contributed by atoms with van der Waals surface area (Å²) in [7, 11) is 0. The number of aliphatic hydroxyl groups excluding tert-OH is 1. The van der Waals surface area contributed by atoms with Gasteiger partial charge in [-0.25, -0.2) is 0 Å². The number of benzene rings is 2. The molecule has 1 N–H and O–H groups in total. The van der Waals surface area contributed by atoms with Crippen LogP contribution in [-0.4, -0.2) is 65.5 Å². The Balaban J connectivity index is 1.21. The van der Waals surface area contributed by atoms with Crippen LogP contribution in [0.5, 0.6) is 0 Å². The van der Waals surface area contributed by atoms with Gasteiger partial charge in [0.15, 0.2) is 0 Å². The molecule has 3 aliphatic rings. The van der Waals surface area contributed by atoms with Crippen molar-refractivity contribution in [2.45, 2.75) is 38.3 Å². The second-order valence-electron chi connectivity index (χ2n) is 8.90. The third-order valence-electron chi connectivity index (χ3n) is 6.75. The first-order valence-corrected chi connectivity index (χ1v) is 11.3. The number of carbonyl (C=O) groups excluding carboxylic acids is 2. The van der Waals surface area contributed by atoms with Crippen LogP contribution < -0.4 is 4.90 Å². The highest BCUT2D eigenvalue weighted by atomic mass is 16.3. The highest BCUT2D eigenvalue weighted by Crippen LogP contribution is 2.28. The number of fused-ring (bicyclic) bond motifs is 2. The van der Waals surface area contributed by atoms with Crippen LogP contribution in [0.2, 0.25) is 0 Å². The molecular weight excluding hydrogens is 390 g/mol. The van der Waals surface area contributed by atoms with Crippen molar-refractivity contribution in [3.05, 3.63) is 64.7 Å². The molecule has 3 heterocycles. The molecule has 0 radical (unpaired) electrons.